The number of ether oxygens (including phenoxy) is 2. The van der Waals surface area contributed by atoms with Crippen LogP contribution in [0.5, 0.6) is 0 Å². The SMILES string of the molecule is CCOC(=O)[C@@]1(OC(=O)C(Cl)Cl)CC[C@H]2[C@@H]3CCC4=CC(=O)C=C[C@]4(C)[C@@]3(F)[C@@H](O)C[C@@]21C. The van der Waals surface area contributed by atoms with Crippen molar-refractivity contribution in [3.63, 3.8) is 0 Å². The van der Waals surface area contributed by atoms with Gasteiger partial charge in [0.1, 0.15) is 0 Å². The molecular formula is C24H29Cl2FO6. The number of hydrogen-bond donors (Lipinski definition) is 1. The molecule has 0 spiro atoms. The fraction of sp³-hybridized carbons (Fsp3) is 0.708. The second-order valence-corrected chi connectivity index (χ2v) is 11.2. The molecule has 1 N–H and O–H groups in total. The van der Waals surface area contributed by atoms with Crippen LogP contribution < -0.4 is 0 Å². The van der Waals surface area contributed by atoms with Gasteiger partial charge in [-0.1, -0.05) is 41.8 Å². The minimum atomic E-state index is -2.05. The molecule has 4 aliphatic carbocycles. The Bertz CT molecular complexity index is 949. The normalized spacial score (nSPS) is 43.9. The van der Waals surface area contributed by atoms with E-state index in [0.717, 1.165) is 0 Å². The molecule has 0 radical (unpaired) electrons. The lowest BCUT2D eigenvalue weighted by Crippen LogP contribution is -2.69. The fourth-order valence-electron chi connectivity index (χ4n) is 7.21. The minimum absolute atomic E-state index is 0.0636. The molecular weight excluding hydrogens is 474 g/mol. The maximum absolute atomic E-state index is 17.1. The maximum Gasteiger partial charge on any atom is 0.351 e. The predicted molar refractivity (Wildman–Crippen MR) is 119 cm³/mol. The van der Waals surface area contributed by atoms with Crippen molar-refractivity contribution in [1.82, 2.24) is 0 Å². The van der Waals surface area contributed by atoms with E-state index in [1.54, 1.807) is 26.8 Å². The highest BCUT2D eigenvalue weighted by molar-refractivity contribution is 6.53. The van der Waals surface area contributed by atoms with E-state index in [0.29, 0.717) is 24.8 Å². The monoisotopic (exact) mass is 502 g/mol. The number of carbonyl (C=O) groups is 3. The van der Waals surface area contributed by atoms with E-state index in [1.165, 1.54) is 12.2 Å². The summed E-state index contributed by atoms with van der Waals surface area (Å²) in [4.78, 5) is 36.1. The van der Waals surface area contributed by atoms with Gasteiger partial charge in [-0.05, 0) is 64.0 Å². The fourth-order valence-corrected chi connectivity index (χ4v) is 7.30. The number of rotatable bonds is 4. The summed E-state index contributed by atoms with van der Waals surface area (Å²) < 4.78 is 28.1. The number of esters is 2. The Morgan fingerprint density at radius 3 is 2.61 bits per heavy atom. The highest BCUT2D eigenvalue weighted by atomic mass is 35.5. The Labute approximate surface area is 202 Å². The second-order valence-electron chi connectivity index (χ2n) is 10.1. The van der Waals surface area contributed by atoms with Crippen LogP contribution in [0.4, 0.5) is 4.39 Å². The van der Waals surface area contributed by atoms with Crippen LogP contribution in [0.3, 0.4) is 0 Å². The first-order valence-corrected chi connectivity index (χ1v) is 12.2. The largest absolute Gasteiger partial charge is 0.463 e. The molecule has 0 aromatic carbocycles. The molecule has 0 saturated heterocycles. The number of fused-ring (bicyclic) bond motifs is 5. The van der Waals surface area contributed by atoms with E-state index in [2.05, 4.69) is 0 Å². The van der Waals surface area contributed by atoms with Crippen LogP contribution in [0, 0.1) is 22.7 Å². The zero-order valence-corrected chi connectivity index (χ0v) is 20.4. The number of aliphatic hydroxyl groups excluding tert-OH is 1. The minimum Gasteiger partial charge on any atom is -0.463 e. The molecule has 182 valence electrons. The summed E-state index contributed by atoms with van der Waals surface area (Å²) in [6.45, 7) is 5.18. The van der Waals surface area contributed by atoms with Crippen molar-refractivity contribution in [3.8, 4) is 0 Å². The summed E-state index contributed by atoms with van der Waals surface area (Å²) in [5.41, 5.74) is -5.35. The van der Waals surface area contributed by atoms with E-state index in [9.17, 15) is 19.5 Å². The molecule has 3 fully saturated rings. The lowest BCUT2D eigenvalue weighted by molar-refractivity contribution is -0.232. The number of hydrogen-bond acceptors (Lipinski definition) is 6. The van der Waals surface area contributed by atoms with Crippen LogP contribution in [0.25, 0.3) is 0 Å². The molecule has 0 heterocycles. The Balaban J connectivity index is 1.80. The van der Waals surface area contributed by atoms with Gasteiger partial charge in [0, 0.05) is 16.7 Å². The second kappa shape index (κ2) is 8.06. The van der Waals surface area contributed by atoms with E-state index in [4.69, 9.17) is 32.7 Å². The number of ketones is 1. The standard InChI is InChI=1S/C24H29Cl2FO6/c1-4-32-20(31)23(33-19(30)18(25)26)10-8-15-16-6-5-13-11-14(28)7-9-21(13,2)24(16,27)17(29)12-22(15,23)3/h7,9,11,15-18,29H,4-6,8,10,12H2,1-3H3/t15-,16-,17-,21-,22-,23-,24-/m0/s1. The summed E-state index contributed by atoms with van der Waals surface area (Å²) in [5, 5.41) is 11.4. The molecule has 3 saturated carbocycles. The van der Waals surface area contributed by atoms with Gasteiger partial charge < -0.3 is 14.6 Å². The lowest BCUT2D eigenvalue weighted by Gasteiger charge is -2.62. The molecule has 7 atom stereocenters. The molecule has 0 amide bonds. The molecule has 0 aliphatic heterocycles. The van der Waals surface area contributed by atoms with Gasteiger partial charge in [-0.25, -0.2) is 14.0 Å². The molecule has 0 aromatic rings. The first-order valence-electron chi connectivity index (χ1n) is 11.4. The molecule has 33 heavy (non-hydrogen) atoms. The Hall–Kier alpha value is -1.44. The average molecular weight is 503 g/mol. The van der Waals surface area contributed by atoms with Gasteiger partial charge >= 0.3 is 11.9 Å². The Morgan fingerprint density at radius 1 is 1.27 bits per heavy atom. The van der Waals surface area contributed by atoms with Crippen molar-refractivity contribution in [2.75, 3.05) is 6.61 Å². The summed E-state index contributed by atoms with van der Waals surface area (Å²) in [6.07, 6.45) is 4.22. The van der Waals surface area contributed by atoms with Crippen LogP contribution in [-0.2, 0) is 23.9 Å². The zero-order chi connectivity index (χ0) is 24.4. The summed E-state index contributed by atoms with van der Waals surface area (Å²) >= 11 is 11.5. The van der Waals surface area contributed by atoms with Crippen LogP contribution in [0.2, 0.25) is 0 Å². The van der Waals surface area contributed by atoms with Crippen LogP contribution in [0.1, 0.15) is 52.9 Å². The van der Waals surface area contributed by atoms with Crippen molar-refractivity contribution >= 4 is 40.9 Å². The third-order valence-electron chi connectivity index (χ3n) is 8.82. The average Bonchev–Trinajstić information content (AvgIpc) is 3.02. The topological polar surface area (TPSA) is 89.9 Å². The molecule has 9 heteroatoms. The Kier molecular flexibility index (Phi) is 6.03. The molecule has 6 nitrogen and oxygen atoms in total. The summed E-state index contributed by atoms with van der Waals surface area (Å²) in [7, 11) is 0. The van der Waals surface area contributed by atoms with Gasteiger partial charge in [0.25, 0.3) is 0 Å². The number of allylic oxidation sites excluding steroid dienone is 4. The lowest BCUT2D eigenvalue weighted by atomic mass is 9.45. The Morgan fingerprint density at radius 2 is 1.97 bits per heavy atom. The number of alkyl halides is 3. The predicted octanol–water partition coefficient (Wildman–Crippen LogP) is 4.01. The van der Waals surface area contributed by atoms with Crippen LogP contribution in [0.15, 0.2) is 23.8 Å². The van der Waals surface area contributed by atoms with Crippen LogP contribution >= 0.6 is 23.2 Å². The van der Waals surface area contributed by atoms with E-state index in [-0.39, 0.29) is 31.1 Å². The highest BCUT2D eigenvalue weighted by Gasteiger charge is 2.76. The van der Waals surface area contributed by atoms with Gasteiger partial charge in [0.05, 0.1) is 12.7 Å². The summed E-state index contributed by atoms with van der Waals surface area (Å²) in [6, 6.07) is 0. The number of carbonyl (C=O) groups excluding carboxylic acids is 3. The molecule has 0 unspecified atom stereocenters. The van der Waals surface area contributed by atoms with E-state index < -0.39 is 50.9 Å². The van der Waals surface area contributed by atoms with Gasteiger partial charge in [-0.2, -0.15) is 0 Å². The molecule has 0 aromatic heterocycles. The number of aliphatic hydroxyl groups is 1. The van der Waals surface area contributed by atoms with Crippen molar-refractivity contribution in [3.05, 3.63) is 23.8 Å². The van der Waals surface area contributed by atoms with E-state index in [1.807, 2.05) is 0 Å². The maximum atomic E-state index is 17.1. The van der Waals surface area contributed by atoms with Gasteiger partial charge in [-0.15, -0.1) is 0 Å². The van der Waals surface area contributed by atoms with Gasteiger partial charge in [0.2, 0.25) is 10.4 Å². The third-order valence-corrected chi connectivity index (χ3v) is 9.18. The quantitative estimate of drug-likeness (QED) is 0.461. The van der Waals surface area contributed by atoms with Crippen LogP contribution in [-0.4, -0.2) is 51.6 Å². The van der Waals surface area contributed by atoms with Crippen molar-refractivity contribution in [2.45, 2.75) is 75.1 Å². The first-order chi connectivity index (χ1) is 15.4. The highest BCUT2D eigenvalue weighted by Crippen LogP contribution is 2.70. The third kappa shape index (κ3) is 3.18. The van der Waals surface area contributed by atoms with Crippen molar-refractivity contribution in [2.24, 2.45) is 22.7 Å². The smallest absolute Gasteiger partial charge is 0.351 e. The molecule has 4 aliphatic rings. The molecule has 0 bridgehead atoms. The van der Waals surface area contributed by atoms with Crippen molar-refractivity contribution in [1.29, 1.82) is 0 Å². The molecule has 4 rings (SSSR count). The van der Waals surface area contributed by atoms with Gasteiger partial charge in [0.15, 0.2) is 11.5 Å². The van der Waals surface area contributed by atoms with Gasteiger partial charge in [-0.3, -0.25) is 4.79 Å². The summed E-state index contributed by atoms with van der Waals surface area (Å²) in [5.74, 6) is -2.90. The van der Waals surface area contributed by atoms with Crippen molar-refractivity contribution < 1.29 is 33.4 Å². The first kappa shape index (κ1) is 24.7. The zero-order valence-electron chi connectivity index (χ0n) is 18.9. The van der Waals surface area contributed by atoms with E-state index >= 15 is 4.39 Å². The number of halogens is 3.